The van der Waals surface area contributed by atoms with Gasteiger partial charge in [-0.15, -0.1) is 0 Å². The normalized spacial score (nSPS) is 17.8. The summed E-state index contributed by atoms with van der Waals surface area (Å²) in [7, 11) is 1.54. The fraction of sp³-hybridized carbons (Fsp3) is 0.562. The van der Waals surface area contributed by atoms with Crippen molar-refractivity contribution in [3.8, 4) is 0 Å². The number of carbonyl (C=O) groups excluding carboxylic acids is 1. The molecular formula is C16H23FN2O2. The molecule has 1 aromatic rings. The van der Waals surface area contributed by atoms with Crippen LogP contribution < -0.4 is 0 Å². The fourth-order valence-electron chi connectivity index (χ4n) is 2.68. The molecule has 0 bridgehead atoms. The molecule has 4 nitrogen and oxygen atoms in total. The van der Waals surface area contributed by atoms with Crippen molar-refractivity contribution in [1.29, 1.82) is 0 Å². The van der Waals surface area contributed by atoms with E-state index >= 15 is 0 Å². The van der Waals surface area contributed by atoms with Gasteiger partial charge in [-0.25, -0.2) is 4.39 Å². The summed E-state index contributed by atoms with van der Waals surface area (Å²) in [5.41, 5.74) is 1.15. The number of carbonyl (C=O) groups is 1. The first-order valence-electron chi connectivity index (χ1n) is 7.34. The number of hydrogen-bond donors (Lipinski definition) is 0. The van der Waals surface area contributed by atoms with Crippen LogP contribution in [0.25, 0.3) is 0 Å². The summed E-state index contributed by atoms with van der Waals surface area (Å²) in [6.07, 6.45) is 0. The second-order valence-corrected chi connectivity index (χ2v) is 5.57. The van der Waals surface area contributed by atoms with Crippen LogP contribution in [0.5, 0.6) is 0 Å². The lowest BCUT2D eigenvalue weighted by molar-refractivity contribution is -0.136. The molecule has 0 saturated carbocycles. The van der Waals surface area contributed by atoms with Gasteiger partial charge >= 0.3 is 0 Å². The van der Waals surface area contributed by atoms with Gasteiger partial charge in [0.15, 0.2) is 0 Å². The van der Waals surface area contributed by atoms with Gasteiger partial charge in [-0.1, -0.05) is 19.1 Å². The van der Waals surface area contributed by atoms with Crippen molar-refractivity contribution in [3.05, 3.63) is 35.6 Å². The van der Waals surface area contributed by atoms with Crippen LogP contribution in [0.3, 0.4) is 0 Å². The smallest absolute Gasteiger partial charge is 0.248 e. The van der Waals surface area contributed by atoms with E-state index in [9.17, 15) is 9.18 Å². The minimum Gasteiger partial charge on any atom is -0.375 e. The van der Waals surface area contributed by atoms with Crippen molar-refractivity contribution in [2.24, 2.45) is 0 Å². The average Bonchev–Trinajstić information content (AvgIpc) is 2.49. The van der Waals surface area contributed by atoms with Crippen molar-refractivity contribution in [2.75, 3.05) is 46.4 Å². The van der Waals surface area contributed by atoms with Crippen LogP contribution in [0.1, 0.15) is 18.4 Å². The predicted molar refractivity (Wildman–Crippen MR) is 79.7 cm³/mol. The number of ether oxygens (including phenoxy) is 1. The Bertz CT molecular complexity index is 456. The zero-order chi connectivity index (χ0) is 15.2. The zero-order valence-electron chi connectivity index (χ0n) is 12.7. The van der Waals surface area contributed by atoms with E-state index in [2.05, 4.69) is 11.8 Å². The van der Waals surface area contributed by atoms with Crippen LogP contribution in [0, 0.1) is 5.82 Å². The minimum absolute atomic E-state index is 0.0590. The third-order valence-electron chi connectivity index (χ3n) is 3.96. The zero-order valence-corrected chi connectivity index (χ0v) is 12.7. The number of halogens is 1. The molecular weight excluding hydrogens is 271 g/mol. The summed E-state index contributed by atoms with van der Waals surface area (Å²) in [6, 6.07) is 6.71. The molecule has 1 aliphatic rings. The molecule has 0 aromatic heterocycles. The van der Waals surface area contributed by atoms with Crippen molar-refractivity contribution in [2.45, 2.75) is 12.8 Å². The number of hydrogen-bond acceptors (Lipinski definition) is 3. The predicted octanol–water partition coefficient (Wildman–Crippen LogP) is 1.72. The molecule has 0 spiro atoms. The number of nitrogens with zero attached hydrogens (tertiary/aromatic N) is 2. The molecule has 1 saturated heterocycles. The molecule has 1 amide bonds. The van der Waals surface area contributed by atoms with Gasteiger partial charge in [-0.05, 0) is 23.6 Å². The monoisotopic (exact) mass is 294 g/mol. The summed E-state index contributed by atoms with van der Waals surface area (Å²) in [5.74, 6) is 0.215. The van der Waals surface area contributed by atoms with Gasteiger partial charge in [0.2, 0.25) is 5.91 Å². The summed E-state index contributed by atoms with van der Waals surface area (Å²) in [6.45, 7) is 6.48. The summed E-state index contributed by atoms with van der Waals surface area (Å²) < 4.78 is 17.8. The number of methoxy groups -OCH3 is 1. The standard InChI is InChI=1S/C16H23FN2O2/c1-13(14-3-5-15(17)6-4-14)11-18-7-9-19(10-8-18)16(20)12-21-2/h3-6,13H,7-12H2,1-2H3/t13-/m1/s1. The lowest BCUT2D eigenvalue weighted by Gasteiger charge is -2.36. The van der Waals surface area contributed by atoms with Crippen LogP contribution in [0.15, 0.2) is 24.3 Å². The molecule has 21 heavy (non-hydrogen) atoms. The van der Waals surface area contributed by atoms with E-state index in [-0.39, 0.29) is 18.3 Å². The molecule has 2 rings (SSSR count). The van der Waals surface area contributed by atoms with Crippen LogP contribution in [-0.2, 0) is 9.53 Å². The maximum Gasteiger partial charge on any atom is 0.248 e. The van der Waals surface area contributed by atoms with Crippen LogP contribution in [0.2, 0.25) is 0 Å². The Morgan fingerprint density at radius 3 is 2.43 bits per heavy atom. The van der Waals surface area contributed by atoms with Gasteiger partial charge in [-0.2, -0.15) is 0 Å². The Morgan fingerprint density at radius 1 is 1.24 bits per heavy atom. The summed E-state index contributed by atoms with van der Waals surface area (Å²) in [5, 5.41) is 0. The maximum atomic E-state index is 12.9. The highest BCUT2D eigenvalue weighted by molar-refractivity contribution is 5.77. The van der Waals surface area contributed by atoms with Crippen molar-refractivity contribution in [3.63, 3.8) is 0 Å². The SMILES string of the molecule is COCC(=O)N1CCN(C[C@@H](C)c2ccc(F)cc2)CC1. The van der Waals surface area contributed by atoms with Gasteiger partial charge in [0.25, 0.3) is 0 Å². The van der Waals surface area contributed by atoms with E-state index in [0.29, 0.717) is 5.92 Å². The van der Waals surface area contributed by atoms with E-state index in [1.807, 2.05) is 17.0 Å². The van der Waals surface area contributed by atoms with Crippen LogP contribution in [-0.4, -0.2) is 62.1 Å². The summed E-state index contributed by atoms with van der Waals surface area (Å²) >= 11 is 0. The van der Waals surface area contributed by atoms with Crippen LogP contribution >= 0.6 is 0 Å². The first kappa shape index (κ1) is 15.9. The highest BCUT2D eigenvalue weighted by Gasteiger charge is 2.22. The largest absolute Gasteiger partial charge is 0.375 e. The second-order valence-electron chi connectivity index (χ2n) is 5.57. The number of rotatable bonds is 5. The van der Waals surface area contributed by atoms with Crippen LogP contribution in [0.4, 0.5) is 4.39 Å². The van der Waals surface area contributed by atoms with Gasteiger partial charge < -0.3 is 9.64 Å². The quantitative estimate of drug-likeness (QED) is 0.829. The molecule has 1 aliphatic heterocycles. The Balaban J connectivity index is 1.80. The lowest BCUT2D eigenvalue weighted by atomic mass is 10.0. The molecule has 1 atom stereocenters. The van der Waals surface area contributed by atoms with E-state index in [0.717, 1.165) is 38.3 Å². The molecule has 1 fully saturated rings. The van der Waals surface area contributed by atoms with Gasteiger partial charge in [0, 0.05) is 39.8 Å². The minimum atomic E-state index is -0.198. The van der Waals surface area contributed by atoms with Crippen molar-refractivity contribution < 1.29 is 13.9 Å². The second kappa shape index (κ2) is 7.52. The van der Waals surface area contributed by atoms with E-state index in [1.54, 1.807) is 7.11 Å². The third-order valence-corrected chi connectivity index (χ3v) is 3.96. The summed E-state index contributed by atoms with van der Waals surface area (Å²) in [4.78, 5) is 15.9. The molecule has 5 heteroatoms. The van der Waals surface area contributed by atoms with Gasteiger partial charge in [0.1, 0.15) is 12.4 Å². The molecule has 0 aliphatic carbocycles. The average molecular weight is 294 g/mol. The molecule has 0 N–H and O–H groups in total. The Hall–Kier alpha value is -1.46. The number of amides is 1. The Kier molecular flexibility index (Phi) is 5.70. The van der Waals surface area contributed by atoms with Gasteiger partial charge in [0.05, 0.1) is 0 Å². The van der Waals surface area contributed by atoms with E-state index in [1.165, 1.54) is 12.1 Å². The van der Waals surface area contributed by atoms with Crippen molar-refractivity contribution >= 4 is 5.91 Å². The fourth-order valence-corrected chi connectivity index (χ4v) is 2.68. The highest BCUT2D eigenvalue weighted by atomic mass is 19.1. The first-order valence-corrected chi connectivity index (χ1v) is 7.34. The Morgan fingerprint density at radius 2 is 1.86 bits per heavy atom. The topological polar surface area (TPSA) is 32.8 Å². The molecule has 0 radical (unpaired) electrons. The molecule has 116 valence electrons. The first-order chi connectivity index (χ1) is 10.1. The lowest BCUT2D eigenvalue weighted by Crippen LogP contribution is -2.50. The maximum absolute atomic E-state index is 12.9. The van der Waals surface area contributed by atoms with E-state index in [4.69, 9.17) is 4.74 Å². The Labute approximate surface area is 125 Å². The van der Waals surface area contributed by atoms with E-state index < -0.39 is 0 Å². The molecule has 1 heterocycles. The highest BCUT2D eigenvalue weighted by Crippen LogP contribution is 2.18. The third kappa shape index (κ3) is 4.51. The van der Waals surface area contributed by atoms with Gasteiger partial charge in [-0.3, -0.25) is 9.69 Å². The number of benzene rings is 1. The molecule has 0 unspecified atom stereocenters. The number of piperazine rings is 1. The molecule has 1 aromatic carbocycles. The van der Waals surface area contributed by atoms with Crippen molar-refractivity contribution in [1.82, 2.24) is 9.80 Å².